The molecule has 3 nitrogen and oxygen atoms in total. The number of amides is 1. The average molecular weight is 280 g/mol. The molecule has 0 saturated heterocycles. The minimum atomic E-state index is -0.779. The lowest BCUT2D eigenvalue weighted by Gasteiger charge is -2.07. The first-order valence-corrected chi connectivity index (χ1v) is 6.34. The molecule has 0 aromatic heterocycles. The first kappa shape index (κ1) is 14.5. The van der Waals surface area contributed by atoms with Crippen molar-refractivity contribution >= 4 is 12.0 Å². The lowest BCUT2D eigenvalue weighted by Crippen LogP contribution is -2.12. The minimum Gasteiger partial charge on any atom is -0.365 e. The molecule has 2 aromatic rings. The number of carbonyl (C=O) groups excluding carboxylic acids is 1. The predicted octanol–water partition coefficient (Wildman–Crippen LogP) is 2.81. The van der Waals surface area contributed by atoms with Crippen molar-refractivity contribution < 1.29 is 9.18 Å². The van der Waals surface area contributed by atoms with Gasteiger partial charge in [-0.25, -0.2) is 4.39 Å². The van der Waals surface area contributed by atoms with Crippen LogP contribution in [-0.2, 0) is 11.2 Å². The van der Waals surface area contributed by atoms with E-state index in [2.05, 4.69) is 0 Å². The van der Waals surface area contributed by atoms with Crippen molar-refractivity contribution in [3.05, 3.63) is 76.6 Å². The molecular weight excluding hydrogens is 267 g/mol. The van der Waals surface area contributed by atoms with Crippen LogP contribution in [0.1, 0.15) is 16.7 Å². The zero-order valence-corrected chi connectivity index (χ0v) is 11.2. The fourth-order valence-electron chi connectivity index (χ4n) is 2.00. The summed E-state index contributed by atoms with van der Waals surface area (Å²) in [4.78, 5) is 11.1. The Morgan fingerprint density at radius 3 is 2.38 bits per heavy atom. The summed E-state index contributed by atoms with van der Waals surface area (Å²) < 4.78 is 13.7. The van der Waals surface area contributed by atoms with Crippen LogP contribution in [0, 0.1) is 17.1 Å². The highest BCUT2D eigenvalue weighted by atomic mass is 19.1. The molecule has 0 heterocycles. The molecule has 0 fully saturated rings. The highest BCUT2D eigenvalue weighted by molar-refractivity contribution is 6.00. The van der Waals surface area contributed by atoms with E-state index in [9.17, 15) is 9.18 Å². The number of primary amides is 1. The number of halogens is 1. The van der Waals surface area contributed by atoms with Gasteiger partial charge in [0, 0.05) is 6.42 Å². The Morgan fingerprint density at radius 1 is 1.14 bits per heavy atom. The maximum atomic E-state index is 13.7. The second-order valence-electron chi connectivity index (χ2n) is 4.50. The van der Waals surface area contributed by atoms with Crippen LogP contribution in [0.25, 0.3) is 6.08 Å². The van der Waals surface area contributed by atoms with E-state index in [1.165, 1.54) is 12.1 Å². The molecule has 0 aliphatic heterocycles. The van der Waals surface area contributed by atoms with Crippen molar-refractivity contribution in [1.82, 2.24) is 0 Å². The van der Waals surface area contributed by atoms with E-state index in [0.29, 0.717) is 17.5 Å². The zero-order chi connectivity index (χ0) is 15.2. The lowest BCUT2D eigenvalue weighted by atomic mass is 9.98. The molecule has 0 radical (unpaired) electrons. The summed E-state index contributed by atoms with van der Waals surface area (Å²) in [5.41, 5.74) is 7.05. The van der Waals surface area contributed by atoms with Crippen molar-refractivity contribution in [2.24, 2.45) is 5.73 Å². The Kier molecular flexibility index (Phi) is 4.47. The van der Waals surface area contributed by atoms with E-state index < -0.39 is 5.91 Å². The molecule has 0 unspecified atom stereocenters. The van der Waals surface area contributed by atoms with Crippen molar-refractivity contribution in [3.63, 3.8) is 0 Å². The summed E-state index contributed by atoms with van der Waals surface area (Å²) in [7, 11) is 0. The van der Waals surface area contributed by atoms with Crippen molar-refractivity contribution in [2.75, 3.05) is 0 Å². The molecule has 2 N–H and O–H groups in total. The zero-order valence-electron chi connectivity index (χ0n) is 11.2. The molecular formula is C17H13FN2O. The molecule has 1 amide bonds. The van der Waals surface area contributed by atoms with Crippen LogP contribution < -0.4 is 5.73 Å². The lowest BCUT2D eigenvalue weighted by molar-refractivity contribution is -0.114. The van der Waals surface area contributed by atoms with Crippen LogP contribution in [0.15, 0.2) is 54.1 Å². The summed E-state index contributed by atoms with van der Waals surface area (Å²) in [6.07, 6.45) is 1.80. The van der Waals surface area contributed by atoms with Gasteiger partial charge in [-0.1, -0.05) is 42.5 Å². The van der Waals surface area contributed by atoms with E-state index in [1.807, 2.05) is 12.1 Å². The third-order valence-corrected chi connectivity index (χ3v) is 3.08. The highest BCUT2D eigenvalue weighted by Crippen LogP contribution is 2.19. The van der Waals surface area contributed by atoms with Gasteiger partial charge in [0.05, 0.1) is 0 Å². The number of carbonyl (C=O) groups is 1. The Morgan fingerprint density at radius 2 is 1.76 bits per heavy atom. The Bertz CT molecular complexity index is 744. The molecule has 21 heavy (non-hydrogen) atoms. The molecule has 0 atom stereocenters. The molecule has 0 bridgehead atoms. The molecule has 0 aliphatic carbocycles. The quantitative estimate of drug-likeness (QED) is 0.691. The molecule has 0 aliphatic rings. The van der Waals surface area contributed by atoms with Crippen molar-refractivity contribution in [3.8, 4) is 6.07 Å². The van der Waals surface area contributed by atoms with Gasteiger partial charge in [0.1, 0.15) is 17.5 Å². The number of benzene rings is 2. The first-order valence-electron chi connectivity index (χ1n) is 6.34. The van der Waals surface area contributed by atoms with Crippen LogP contribution in [0.4, 0.5) is 4.39 Å². The van der Waals surface area contributed by atoms with Gasteiger partial charge in [0.25, 0.3) is 5.91 Å². The topological polar surface area (TPSA) is 66.9 Å². The number of nitrogens with zero attached hydrogens (tertiary/aromatic N) is 1. The third kappa shape index (κ3) is 3.54. The van der Waals surface area contributed by atoms with Crippen molar-refractivity contribution in [2.45, 2.75) is 6.42 Å². The highest BCUT2D eigenvalue weighted by Gasteiger charge is 2.08. The standard InChI is InChI=1S/C17H13FN2O/c18-16-8-4-3-7-14(16)9-12-5-1-2-6-13(12)10-15(11-19)17(20)21/h1-8,10H,9H2,(H2,20,21)/b15-10+. The maximum absolute atomic E-state index is 13.7. The molecule has 104 valence electrons. The van der Waals surface area contributed by atoms with Gasteiger partial charge in [0.2, 0.25) is 0 Å². The number of nitriles is 1. The van der Waals surface area contributed by atoms with Crippen LogP contribution in [0.5, 0.6) is 0 Å². The largest absolute Gasteiger partial charge is 0.365 e. The SMILES string of the molecule is N#C/C(=C\c1ccccc1Cc1ccccc1F)C(N)=O. The van der Waals surface area contributed by atoms with Gasteiger partial charge in [0.15, 0.2) is 0 Å². The normalized spacial score (nSPS) is 11.0. The monoisotopic (exact) mass is 280 g/mol. The minimum absolute atomic E-state index is 0.129. The molecule has 4 heteroatoms. The van der Waals surface area contributed by atoms with E-state index in [1.54, 1.807) is 36.4 Å². The fourth-order valence-corrected chi connectivity index (χ4v) is 2.00. The summed E-state index contributed by atoms with van der Waals surface area (Å²) in [5, 5.41) is 8.90. The van der Waals surface area contributed by atoms with Crippen LogP contribution in [-0.4, -0.2) is 5.91 Å². The van der Waals surface area contributed by atoms with E-state index in [4.69, 9.17) is 11.0 Å². The fraction of sp³-hybridized carbons (Fsp3) is 0.0588. The summed E-state index contributed by atoms with van der Waals surface area (Å²) in [6.45, 7) is 0. The Hall–Kier alpha value is -2.93. The van der Waals surface area contributed by atoms with Gasteiger partial charge in [-0.2, -0.15) is 5.26 Å². The van der Waals surface area contributed by atoms with Gasteiger partial charge in [-0.05, 0) is 28.8 Å². The van der Waals surface area contributed by atoms with Gasteiger partial charge >= 0.3 is 0 Å². The molecule has 2 rings (SSSR count). The summed E-state index contributed by atoms with van der Waals surface area (Å²) in [6, 6.07) is 15.5. The number of nitrogens with two attached hydrogens (primary N) is 1. The van der Waals surface area contributed by atoms with E-state index in [-0.39, 0.29) is 11.4 Å². The maximum Gasteiger partial charge on any atom is 0.259 e. The first-order chi connectivity index (χ1) is 10.1. The van der Waals surface area contributed by atoms with Crippen LogP contribution in [0.2, 0.25) is 0 Å². The van der Waals surface area contributed by atoms with Gasteiger partial charge in [-0.3, -0.25) is 4.79 Å². The third-order valence-electron chi connectivity index (χ3n) is 3.08. The second-order valence-corrected chi connectivity index (χ2v) is 4.50. The van der Waals surface area contributed by atoms with E-state index in [0.717, 1.165) is 5.56 Å². The Labute approximate surface area is 122 Å². The molecule has 0 saturated carbocycles. The van der Waals surface area contributed by atoms with Crippen LogP contribution in [0.3, 0.4) is 0 Å². The molecule has 0 spiro atoms. The van der Waals surface area contributed by atoms with Gasteiger partial charge < -0.3 is 5.73 Å². The summed E-state index contributed by atoms with van der Waals surface area (Å²) >= 11 is 0. The van der Waals surface area contributed by atoms with E-state index >= 15 is 0 Å². The van der Waals surface area contributed by atoms with Crippen molar-refractivity contribution in [1.29, 1.82) is 5.26 Å². The van der Waals surface area contributed by atoms with Crippen LogP contribution >= 0.6 is 0 Å². The smallest absolute Gasteiger partial charge is 0.259 e. The molecule has 2 aromatic carbocycles. The van der Waals surface area contributed by atoms with Gasteiger partial charge in [-0.15, -0.1) is 0 Å². The Balaban J connectivity index is 2.41. The number of hydrogen-bond donors (Lipinski definition) is 1. The number of rotatable bonds is 4. The summed E-state index contributed by atoms with van der Waals surface area (Å²) in [5.74, 6) is -1.06. The predicted molar refractivity (Wildman–Crippen MR) is 78.4 cm³/mol. The average Bonchev–Trinajstić information content (AvgIpc) is 2.48. The number of hydrogen-bond acceptors (Lipinski definition) is 2. The second kappa shape index (κ2) is 6.49.